The van der Waals surface area contributed by atoms with E-state index in [0.29, 0.717) is 0 Å². The van der Waals surface area contributed by atoms with Crippen LogP contribution in [0, 0.1) is 5.82 Å². The molecule has 0 radical (unpaired) electrons. The monoisotopic (exact) mass is 179 g/mol. The third kappa shape index (κ3) is 1.59. The van der Waals surface area contributed by atoms with E-state index in [1.165, 1.54) is 6.07 Å². The van der Waals surface area contributed by atoms with Gasteiger partial charge < -0.3 is 5.73 Å². The summed E-state index contributed by atoms with van der Waals surface area (Å²) in [5, 5.41) is 0. The van der Waals surface area contributed by atoms with Crippen molar-refractivity contribution in [3.05, 3.63) is 35.6 Å². The maximum atomic E-state index is 13.4. The Morgan fingerprint density at radius 1 is 1.23 bits per heavy atom. The van der Waals surface area contributed by atoms with Gasteiger partial charge in [-0.15, -0.1) is 0 Å². The summed E-state index contributed by atoms with van der Waals surface area (Å²) >= 11 is 0. The van der Waals surface area contributed by atoms with E-state index in [1.54, 1.807) is 6.07 Å². The highest BCUT2D eigenvalue weighted by Gasteiger charge is 2.26. The Kier molecular flexibility index (Phi) is 2.32. The average molecular weight is 179 g/mol. The zero-order valence-electron chi connectivity index (χ0n) is 7.54. The van der Waals surface area contributed by atoms with Crippen molar-refractivity contribution >= 4 is 0 Å². The van der Waals surface area contributed by atoms with Crippen LogP contribution in [0.1, 0.15) is 30.7 Å². The molecule has 2 atom stereocenters. The molecule has 0 saturated heterocycles. The summed E-state index contributed by atoms with van der Waals surface area (Å²) in [6.07, 6.45) is 3.18. The van der Waals surface area contributed by atoms with E-state index < -0.39 is 0 Å². The fourth-order valence-corrected chi connectivity index (χ4v) is 2.15. The molecule has 0 amide bonds. The van der Waals surface area contributed by atoms with E-state index in [2.05, 4.69) is 0 Å². The van der Waals surface area contributed by atoms with Gasteiger partial charge in [-0.3, -0.25) is 0 Å². The number of nitrogens with two attached hydrogens (primary N) is 1. The predicted octanol–water partition coefficient (Wildman–Crippen LogP) is 2.42. The van der Waals surface area contributed by atoms with Crippen LogP contribution in [0.4, 0.5) is 4.39 Å². The quantitative estimate of drug-likeness (QED) is 0.704. The number of halogens is 1. The Morgan fingerprint density at radius 2 is 2.00 bits per heavy atom. The predicted molar refractivity (Wildman–Crippen MR) is 51.0 cm³/mol. The smallest absolute Gasteiger partial charge is 0.126 e. The van der Waals surface area contributed by atoms with Crippen molar-refractivity contribution < 1.29 is 4.39 Å². The van der Waals surface area contributed by atoms with Gasteiger partial charge in [0.05, 0.1) is 0 Å². The van der Waals surface area contributed by atoms with E-state index >= 15 is 0 Å². The van der Waals surface area contributed by atoms with Crippen LogP contribution < -0.4 is 5.73 Å². The van der Waals surface area contributed by atoms with Crippen LogP contribution in [0.25, 0.3) is 0 Å². The molecule has 1 aromatic carbocycles. The molecule has 0 bridgehead atoms. The SMILES string of the molecule is NC1CCCC1c1ccccc1F. The van der Waals surface area contributed by atoms with Crippen molar-refractivity contribution in [2.45, 2.75) is 31.2 Å². The van der Waals surface area contributed by atoms with Gasteiger partial charge in [0.25, 0.3) is 0 Å². The molecule has 0 heterocycles. The fraction of sp³-hybridized carbons (Fsp3) is 0.455. The topological polar surface area (TPSA) is 26.0 Å². The Bertz CT molecular complexity index is 298. The normalized spacial score (nSPS) is 27.8. The maximum Gasteiger partial charge on any atom is 0.126 e. The molecule has 2 rings (SSSR count). The van der Waals surface area contributed by atoms with Crippen molar-refractivity contribution in [1.29, 1.82) is 0 Å². The second-order valence-corrected chi connectivity index (χ2v) is 3.72. The van der Waals surface area contributed by atoms with Crippen LogP contribution in [-0.4, -0.2) is 6.04 Å². The molecule has 2 unspecified atom stereocenters. The minimum Gasteiger partial charge on any atom is -0.327 e. The Hall–Kier alpha value is -0.890. The molecule has 1 aromatic rings. The van der Waals surface area contributed by atoms with E-state index in [1.807, 2.05) is 12.1 Å². The summed E-state index contributed by atoms with van der Waals surface area (Å²) in [5.74, 6) is 0.131. The minimum atomic E-state index is -0.107. The Morgan fingerprint density at radius 3 is 2.62 bits per heavy atom. The largest absolute Gasteiger partial charge is 0.327 e. The van der Waals surface area contributed by atoms with Crippen LogP contribution >= 0.6 is 0 Å². The summed E-state index contributed by atoms with van der Waals surface area (Å²) < 4.78 is 13.4. The number of rotatable bonds is 1. The van der Waals surface area contributed by atoms with Gasteiger partial charge in [0.2, 0.25) is 0 Å². The summed E-state index contributed by atoms with van der Waals surface area (Å²) in [4.78, 5) is 0. The first kappa shape index (κ1) is 8.70. The molecular formula is C11H14FN. The highest BCUT2D eigenvalue weighted by Crippen LogP contribution is 2.34. The van der Waals surface area contributed by atoms with Crippen molar-refractivity contribution in [1.82, 2.24) is 0 Å². The van der Waals surface area contributed by atoms with Crippen molar-refractivity contribution in [2.75, 3.05) is 0 Å². The third-order valence-electron chi connectivity index (χ3n) is 2.87. The van der Waals surface area contributed by atoms with Crippen molar-refractivity contribution in [3.63, 3.8) is 0 Å². The minimum absolute atomic E-state index is 0.107. The first-order valence-electron chi connectivity index (χ1n) is 4.79. The van der Waals surface area contributed by atoms with Crippen LogP contribution in [0.15, 0.2) is 24.3 Å². The molecule has 0 aromatic heterocycles. The van der Waals surface area contributed by atoms with E-state index in [0.717, 1.165) is 24.8 Å². The van der Waals surface area contributed by atoms with Crippen LogP contribution in [0.3, 0.4) is 0 Å². The van der Waals surface area contributed by atoms with Crippen LogP contribution in [-0.2, 0) is 0 Å². The lowest BCUT2D eigenvalue weighted by molar-refractivity contribution is 0.549. The third-order valence-corrected chi connectivity index (χ3v) is 2.87. The van der Waals surface area contributed by atoms with Gasteiger partial charge in [-0.1, -0.05) is 24.6 Å². The average Bonchev–Trinajstić information content (AvgIpc) is 2.52. The fourth-order valence-electron chi connectivity index (χ4n) is 2.15. The van der Waals surface area contributed by atoms with Crippen molar-refractivity contribution in [2.24, 2.45) is 5.73 Å². The van der Waals surface area contributed by atoms with Gasteiger partial charge in [-0.05, 0) is 24.5 Å². The van der Waals surface area contributed by atoms with Crippen LogP contribution in [0.5, 0.6) is 0 Å². The molecule has 1 aliphatic rings. The maximum absolute atomic E-state index is 13.4. The van der Waals surface area contributed by atoms with Gasteiger partial charge in [0, 0.05) is 12.0 Å². The molecule has 1 aliphatic carbocycles. The van der Waals surface area contributed by atoms with Crippen molar-refractivity contribution in [3.8, 4) is 0 Å². The van der Waals surface area contributed by atoms with Gasteiger partial charge in [0.15, 0.2) is 0 Å². The van der Waals surface area contributed by atoms with Gasteiger partial charge >= 0.3 is 0 Å². The Balaban J connectivity index is 2.29. The van der Waals surface area contributed by atoms with Gasteiger partial charge in [-0.2, -0.15) is 0 Å². The van der Waals surface area contributed by atoms with Crippen LogP contribution in [0.2, 0.25) is 0 Å². The zero-order valence-corrected chi connectivity index (χ0v) is 7.54. The highest BCUT2D eigenvalue weighted by atomic mass is 19.1. The first-order chi connectivity index (χ1) is 6.29. The lowest BCUT2D eigenvalue weighted by Gasteiger charge is -2.15. The number of hydrogen-bond acceptors (Lipinski definition) is 1. The second-order valence-electron chi connectivity index (χ2n) is 3.72. The molecule has 1 saturated carbocycles. The molecule has 13 heavy (non-hydrogen) atoms. The summed E-state index contributed by atoms with van der Waals surface area (Å²) in [7, 11) is 0. The summed E-state index contributed by atoms with van der Waals surface area (Å²) in [6, 6.07) is 7.12. The van der Waals surface area contributed by atoms with E-state index in [9.17, 15) is 4.39 Å². The Labute approximate surface area is 77.8 Å². The molecule has 0 spiro atoms. The molecule has 2 heteroatoms. The van der Waals surface area contributed by atoms with E-state index in [-0.39, 0.29) is 17.8 Å². The molecule has 1 fully saturated rings. The van der Waals surface area contributed by atoms with Gasteiger partial charge in [0.1, 0.15) is 5.82 Å². The zero-order chi connectivity index (χ0) is 9.26. The molecule has 0 aliphatic heterocycles. The second kappa shape index (κ2) is 3.46. The lowest BCUT2D eigenvalue weighted by Crippen LogP contribution is -2.23. The number of hydrogen-bond donors (Lipinski definition) is 1. The standard InChI is InChI=1S/C11H14FN/c12-10-6-2-1-4-8(10)9-5-3-7-11(9)13/h1-2,4,6,9,11H,3,5,7,13H2. The molecular weight excluding hydrogens is 165 g/mol. The molecule has 70 valence electrons. The van der Waals surface area contributed by atoms with Gasteiger partial charge in [-0.25, -0.2) is 4.39 Å². The summed E-state index contributed by atoms with van der Waals surface area (Å²) in [5.41, 5.74) is 6.71. The molecule has 1 nitrogen and oxygen atoms in total. The van der Waals surface area contributed by atoms with E-state index in [4.69, 9.17) is 5.73 Å². The lowest BCUT2D eigenvalue weighted by atomic mass is 9.94. The summed E-state index contributed by atoms with van der Waals surface area (Å²) in [6.45, 7) is 0. The number of benzene rings is 1. The first-order valence-corrected chi connectivity index (χ1v) is 4.79. The highest BCUT2D eigenvalue weighted by molar-refractivity contribution is 5.24. The molecule has 2 N–H and O–H groups in total.